The Labute approximate surface area is 147 Å². The molecule has 2 rings (SSSR count). The number of nitrogens with one attached hydrogen (secondary N) is 1. The summed E-state index contributed by atoms with van der Waals surface area (Å²) in [5, 5.41) is 3.32. The summed E-state index contributed by atoms with van der Waals surface area (Å²) in [5.74, 6) is 0. The predicted molar refractivity (Wildman–Crippen MR) is 96.4 cm³/mol. The highest BCUT2D eigenvalue weighted by Crippen LogP contribution is 2.21. The Morgan fingerprint density at radius 3 is 2.30 bits per heavy atom. The van der Waals surface area contributed by atoms with E-state index in [2.05, 4.69) is 5.32 Å². The maximum absolute atomic E-state index is 12.4. The Morgan fingerprint density at radius 2 is 1.78 bits per heavy atom. The van der Waals surface area contributed by atoms with E-state index >= 15 is 0 Å². The van der Waals surface area contributed by atoms with Crippen LogP contribution in [-0.2, 0) is 23.1 Å². The number of thiophene rings is 1. The van der Waals surface area contributed by atoms with E-state index in [0.29, 0.717) is 11.4 Å². The highest BCUT2D eigenvalue weighted by atomic mass is 35.5. The first-order valence-corrected chi connectivity index (χ1v) is 9.96. The molecule has 0 aliphatic carbocycles. The van der Waals surface area contributed by atoms with Crippen LogP contribution in [-0.4, -0.2) is 25.8 Å². The second kappa shape index (κ2) is 7.77. The molecule has 126 valence electrons. The summed E-state index contributed by atoms with van der Waals surface area (Å²) in [7, 11) is -1.82. The first-order valence-electron chi connectivity index (χ1n) is 7.32. The molecule has 0 amide bonds. The van der Waals surface area contributed by atoms with Crippen LogP contribution in [0.4, 0.5) is 0 Å². The summed E-state index contributed by atoms with van der Waals surface area (Å²) >= 11 is 7.45. The van der Waals surface area contributed by atoms with E-state index in [-0.39, 0.29) is 6.04 Å². The van der Waals surface area contributed by atoms with E-state index in [0.717, 1.165) is 16.4 Å². The highest BCUT2D eigenvalue weighted by molar-refractivity contribution is 7.89. The van der Waals surface area contributed by atoms with Gasteiger partial charge in [0.15, 0.2) is 0 Å². The van der Waals surface area contributed by atoms with Crippen molar-refractivity contribution in [3.8, 4) is 0 Å². The van der Waals surface area contributed by atoms with Gasteiger partial charge in [0.25, 0.3) is 0 Å². The average molecular weight is 373 g/mol. The van der Waals surface area contributed by atoms with E-state index in [9.17, 15) is 8.42 Å². The normalized spacial score (nSPS) is 12.3. The lowest BCUT2D eigenvalue weighted by Gasteiger charge is -2.21. The third kappa shape index (κ3) is 4.78. The minimum atomic E-state index is -3.42. The molecule has 0 unspecified atom stereocenters. The molecule has 0 bridgehead atoms. The fourth-order valence-electron chi connectivity index (χ4n) is 2.00. The Hall–Kier alpha value is -0.920. The quantitative estimate of drug-likeness (QED) is 0.805. The topological polar surface area (TPSA) is 49.4 Å². The number of rotatable bonds is 7. The van der Waals surface area contributed by atoms with E-state index in [1.807, 2.05) is 38.1 Å². The average Bonchev–Trinajstić information content (AvgIpc) is 2.92. The van der Waals surface area contributed by atoms with Gasteiger partial charge in [-0.25, -0.2) is 8.42 Å². The molecule has 0 saturated carbocycles. The third-order valence-corrected chi connectivity index (χ3v) is 6.86. The van der Waals surface area contributed by atoms with E-state index in [1.54, 1.807) is 30.5 Å². The molecule has 0 spiro atoms. The standard InChI is InChI=1S/C16H21ClN2O2S2/c1-12(2)19(3)23(20,21)15-7-4-13(5-8-15)10-18-11-14-6-9-16(17)22-14/h4-9,12,18H,10-11H2,1-3H3. The molecule has 4 nitrogen and oxygen atoms in total. The zero-order chi connectivity index (χ0) is 17.0. The molecule has 1 heterocycles. The van der Waals surface area contributed by atoms with Crippen LogP contribution in [0.25, 0.3) is 0 Å². The van der Waals surface area contributed by atoms with Crippen LogP contribution in [0.3, 0.4) is 0 Å². The minimum absolute atomic E-state index is 0.0704. The number of sulfonamides is 1. The van der Waals surface area contributed by atoms with Crippen LogP contribution in [0.1, 0.15) is 24.3 Å². The molecule has 1 aromatic heterocycles. The van der Waals surface area contributed by atoms with Crippen molar-refractivity contribution in [3.63, 3.8) is 0 Å². The largest absolute Gasteiger partial charge is 0.308 e. The fraction of sp³-hybridized carbons (Fsp3) is 0.375. The van der Waals surface area contributed by atoms with Gasteiger partial charge in [0.05, 0.1) is 9.23 Å². The van der Waals surface area contributed by atoms with Gasteiger partial charge in [0.1, 0.15) is 0 Å². The summed E-state index contributed by atoms with van der Waals surface area (Å²) in [6.45, 7) is 5.13. The SMILES string of the molecule is CC(C)N(C)S(=O)(=O)c1ccc(CNCc2ccc(Cl)s2)cc1. The summed E-state index contributed by atoms with van der Waals surface area (Å²) in [6.07, 6.45) is 0. The van der Waals surface area contributed by atoms with Gasteiger partial charge < -0.3 is 5.32 Å². The number of halogens is 1. The maximum atomic E-state index is 12.4. The van der Waals surface area contributed by atoms with E-state index < -0.39 is 10.0 Å². The Balaban J connectivity index is 1.96. The first kappa shape index (κ1) is 18.4. The number of nitrogens with zero attached hydrogens (tertiary/aromatic N) is 1. The lowest BCUT2D eigenvalue weighted by atomic mass is 10.2. The molecule has 0 aliphatic rings. The summed E-state index contributed by atoms with van der Waals surface area (Å²) in [6, 6.07) is 10.8. The van der Waals surface area contributed by atoms with Crippen molar-refractivity contribution in [2.24, 2.45) is 0 Å². The van der Waals surface area contributed by atoms with Gasteiger partial charge >= 0.3 is 0 Å². The van der Waals surface area contributed by atoms with Crippen LogP contribution in [0, 0.1) is 0 Å². The molecule has 0 fully saturated rings. The first-order chi connectivity index (χ1) is 10.8. The van der Waals surface area contributed by atoms with Crippen molar-refractivity contribution in [2.45, 2.75) is 37.9 Å². The second-order valence-electron chi connectivity index (χ2n) is 5.57. The van der Waals surface area contributed by atoms with Crippen LogP contribution < -0.4 is 5.32 Å². The van der Waals surface area contributed by atoms with Gasteiger partial charge in [0.2, 0.25) is 10.0 Å². The summed E-state index contributed by atoms with van der Waals surface area (Å²) in [5.41, 5.74) is 1.04. The molecule has 0 radical (unpaired) electrons. The Morgan fingerprint density at radius 1 is 1.13 bits per heavy atom. The fourth-order valence-corrected chi connectivity index (χ4v) is 4.42. The van der Waals surface area contributed by atoms with Crippen molar-refractivity contribution in [1.29, 1.82) is 0 Å². The van der Waals surface area contributed by atoms with Crippen molar-refractivity contribution in [1.82, 2.24) is 9.62 Å². The van der Waals surface area contributed by atoms with Gasteiger partial charge in [-0.3, -0.25) is 0 Å². The molecule has 0 aliphatic heterocycles. The second-order valence-corrected chi connectivity index (χ2v) is 9.37. The Kier molecular flexibility index (Phi) is 6.22. The van der Waals surface area contributed by atoms with Gasteiger partial charge in [0, 0.05) is 31.1 Å². The van der Waals surface area contributed by atoms with Crippen molar-refractivity contribution in [2.75, 3.05) is 7.05 Å². The molecule has 1 aromatic carbocycles. The number of benzene rings is 1. The van der Waals surface area contributed by atoms with Crippen molar-refractivity contribution in [3.05, 3.63) is 51.2 Å². The smallest absolute Gasteiger partial charge is 0.243 e. The zero-order valence-corrected chi connectivity index (χ0v) is 15.8. The van der Waals surface area contributed by atoms with Crippen LogP contribution in [0.15, 0.2) is 41.3 Å². The van der Waals surface area contributed by atoms with Gasteiger partial charge in [-0.1, -0.05) is 23.7 Å². The van der Waals surface area contributed by atoms with E-state index in [1.165, 1.54) is 9.18 Å². The minimum Gasteiger partial charge on any atom is -0.308 e. The zero-order valence-electron chi connectivity index (χ0n) is 13.4. The summed E-state index contributed by atoms with van der Waals surface area (Å²) in [4.78, 5) is 1.50. The molecule has 23 heavy (non-hydrogen) atoms. The molecular weight excluding hydrogens is 352 g/mol. The highest BCUT2D eigenvalue weighted by Gasteiger charge is 2.22. The third-order valence-electron chi connectivity index (χ3n) is 3.58. The monoisotopic (exact) mass is 372 g/mol. The van der Waals surface area contributed by atoms with Crippen molar-refractivity contribution >= 4 is 33.0 Å². The lowest BCUT2D eigenvalue weighted by molar-refractivity contribution is 0.410. The van der Waals surface area contributed by atoms with Crippen LogP contribution in [0.2, 0.25) is 4.34 Å². The van der Waals surface area contributed by atoms with Crippen LogP contribution in [0.5, 0.6) is 0 Å². The molecule has 0 atom stereocenters. The van der Waals surface area contributed by atoms with Gasteiger partial charge in [-0.15, -0.1) is 11.3 Å². The number of hydrogen-bond donors (Lipinski definition) is 1. The molecular formula is C16H21ClN2O2S2. The number of hydrogen-bond acceptors (Lipinski definition) is 4. The van der Waals surface area contributed by atoms with Gasteiger partial charge in [-0.2, -0.15) is 4.31 Å². The summed E-state index contributed by atoms with van der Waals surface area (Å²) < 4.78 is 26.9. The molecule has 1 N–H and O–H groups in total. The molecule has 2 aromatic rings. The van der Waals surface area contributed by atoms with E-state index in [4.69, 9.17) is 11.6 Å². The molecule has 7 heteroatoms. The lowest BCUT2D eigenvalue weighted by Crippen LogP contribution is -2.33. The van der Waals surface area contributed by atoms with Gasteiger partial charge in [-0.05, 0) is 43.7 Å². The van der Waals surface area contributed by atoms with Crippen molar-refractivity contribution < 1.29 is 8.42 Å². The van der Waals surface area contributed by atoms with Crippen LogP contribution >= 0.6 is 22.9 Å². The predicted octanol–water partition coefficient (Wildman–Crippen LogP) is 3.72. The molecule has 0 saturated heterocycles. The Bertz CT molecular complexity index is 740. The maximum Gasteiger partial charge on any atom is 0.243 e.